The largest absolute Gasteiger partial charge is 0.493 e. The van der Waals surface area contributed by atoms with Crippen molar-refractivity contribution in [1.82, 2.24) is 5.32 Å². The molecule has 14 nitrogen and oxygen atoms in total. The minimum absolute atomic E-state index is 0.231. The Balaban J connectivity index is 1.91. The summed E-state index contributed by atoms with van der Waals surface area (Å²) in [6, 6.07) is 6.33. The van der Waals surface area contributed by atoms with E-state index in [1.807, 2.05) is 12.1 Å². The van der Waals surface area contributed by atoms with Crippen LogP contribution in [0.2, 0.25) is 0 Å². The van der Waals surface area contributed by atoms with Crippen LogP contribution in [0.5, 0.6) is 17.2 Å². The molecule has 0 aromatic heterocycles. The van der Waals surface area contributed by atoms with Crippen LogP contribution in [-0.2, 0) is 49.3 Å². The van der Waals surface area contributed by atoms with Gasteiger partial charge in [-0.25, -0.2) is 0 Å². The van der Waals surface area contributed by atoms with Crippen LogP contribution in [0.25, 0.3) is 11.1 Å². The Hall–Kier alpha value is -4.34. The third kappa shape index (κ3) is 8.46. The monoisotopic (exact) mass is 703 g/mol. The predicted molar refractivity (Wildman–Crippen MR) is 176 cm³/mol. The lowest BCUT2D eigenvalue weighted by Gasteiger charge is -2.45. The third-order valence-electron chi connectivity index (χ3n) is 8.08. The van der Waals surface area contributed by atoms with Crippen molar-refractivity contribution >= 4 is 35.6 Å². The Morgan fingerprint density at radius 3 is 2.04 bits per heavy atom. The molecular formula is C34H41NO13S. The van der Waals surface area contributed by atoms with Crippen molar-refractivity contribution in [2.75, 3.05) is 34.2 Å². The Labute approximate surface area is 288 Å². The van der Waals surface area contributed by atoms with E-state index in [1.54, 1.807) is 12.3 Å². The summed E-state index contributed by atoms with van der Waals surface area (Å²) in [5, 5.41) is 3.39. The van der Waals surface area contributed by atoms with E-state index in [1.165, 1.54) is 53.0 Å². The van der Waals surface area contributed by atoms with Gasteiger partial charge in [0, 0.05) is 39.3 Å². The number of rotatable bonds is 11. The number of fused-ring (bicyclic) bond motifs is 3. The van der Waals surface area contributed by atoms with Gasteiger partial charge < -0.3 is 37.9 Å². The lowest BCUT2D eigenvalue weighted by atomic mass is 9.94. The van der Waals surface area contributed by atoms with Crippen LogP contribution in [0.15, 0.2) is 34.0 Å². The van der Waals surface area contributed by atoms with Gasteiger partial charge in [0.05, 0.1) is 26.2 Å². The van der Waals surface area contributed by atoms with Crippen LogP contribution < -0.4 is 25.0 Å². The van der Waals surface area contributed by atoms with Gasteiger partial charge in [-0.05, 0) is 54.0 Å². The maximum absolute atomic E-state index is 13.5. The fourth-order valence-electron chi connectivity index (χ4n) is 6.20. The van der Waals surface area contributed by atoms with Crippen molar-refractivity contribution < 1.29 is 57.1 Å². The standard InChI is InChI=1S/C34H41NO13S/c1-16(36)44-15-26-30(45-17(2)37)32(46-18(3)38)33(47-19(4)39)34(48-26)35-23-11-9-20-13-25(41-5)29(42-6)31(43-7)28(20)21-10-12-27(49-8)24(40)14-22(21)23/h10,12-14,23,26,30,32-35H,9,11,15H2,1-8H3/t23-,26-,30+,32+,33+,34-/m1/s1. The molecule has 1 heterocycles. The molecule has 0 spiro atoms. The summed E-state index contributed by atoms with van der Waals surface area (Å²) in [4.78, 5) is 62.8. The van der Waals surface area contributed by atoms with Crippen LogP contribution in [0, 0.1) is 0 Å². The zero-order valence-corrected chi connectivity index (χ0v) is 29.4. The Morgan fingerprint density at radius 1 is 0.837 bits per heavy atom. The van der Waals surface area contributed by atoms with E-state index in [-0.39, 0.29) is 12.0 Å². The van der Waals surface area contributed by atoms with Crippen molar-refractivity contribution in [3.8, 4) is 28.4 Å². The molecule has 1 N–H and O–H groups in total. The molecule has 266 valence electrons. The number of thioether (sulfide) groups is 1. The molecule has 1 aliphatic heterocycles. The summed E-state index contributed by atoms with van der Waals surface area (Å²) >= 11 is 1.30. The number of methoxy groups -OCH3 is 3. The number of benzene rings is 1. The van der Waals surface area contributed by atoms with E-state index in [4.69, 9.17) is 37.9 Å². The Kier molecular flexibility index (Phi) is 12.5. The van der Waals surface area contributed by atoms with Crippen LogP contribution in [-0.4, -0.2) is 88.7 Å². The average molecular weight is 704 g/mol. The molecule has 1 fully saturated rings. The van der Waals surface area contributed by atoms with E-state index >= 15 is 0 Å². The van der Waals surface area contributed by atoms with Crippen LogP contribution in [0.3, 0.4) is 0 Å². The maximum Gasteiger partial charge on any atom is 0.303 e. The molecule has 0 radical (unpaired) electrons. The van der Waals surface area contributed by atoms with E-state index in [0.29, 0.717) is 51.7 Å². The second kappa shape index (κ2) is 16.4. The average Bonchev–Trinajstić information content (AvgIpc) is 3.29. The van der Waals surface area contributed by atoms with E-state index in [9.17, 15) is 24.0 Å². The SMILES string of the molecule is COc1cc2c(c(OC)c1OC)-c1ccc(SC)c(=O)cc1[C@H](N[C@@H]1O[C@H](COC(C)=O)[C@H](OC(C)=O)[C@H](OC(C)=O)[C@@H]1OC(C)=O)CC2. The highest BCUT2D eigenvalue weighted by Gasteiger charge is 2.52. The molecule has 2 aromatic carbocycles. The first-order chi connectivity index (χ1) is 23.3. The van der Waals surface area contributed by atoms with Crippen LogP contribution in [0.1, 0.15) is 51.3 Å². The molecule has 2 aromatic rings. The molecule has 15 heteroatoms. The van der Waals surface area contributed by atoms with Gasteiger partial charge in [-0.15, -0.1) is 11.8 Å². The van der Waals surface area contributed by atoms with Crippen molar-refractivity contribution in [2.45, 2.75) is 82.1 Å². The fourth-order valence-corrected chi connectivity index (χ4v) is 6.66. The number of hydrogen-bond acceptors (Lipinski definition) is 15. The molecule has 0 bridgehead atoms. The molecule has 2 aliphatic rings. The lowest BCUT2D eigenvalue weighted by Crippen LogP contribution is -2.65. The molecule has 49 heavy (non-hydrogen) atoms. The zero-order valence-electron chi connectivity index (χ0n) is 28.6. The minimum Gasteiger partial charge on any atom is -0.493 e. The molecular weight excluding hydrogens is 662 g/mol. The van der Waals surface area contributed by atoms with Crippen molar-refractivity contribution in [1.29, 1.82) is 0 Å². The maximum atomic E-state index is 13.5. The highest BCUT2D eigenvalue weighted by atomic mass is 32.2. The van der Waals surface area contributed by atoms with E-state index in [0.717, 1.165) is 19.4 Å². The predicted octanol–water partition coefficient (Wildman–Crippen LogP) is 3.12. The Bertz CT molecular complexity index is 1650. The van der Waals surface area contributed by atoms with Gasteiger partial charge >= 0.3 is 23.9 Å². The Morgan fingerprint density at radius 2 is 1.47 bits per heavy atom. The zero-order chi connectivity index (χ0) is 36.0. The number of nitrogens with one attached hydrogen (secondary N) is 1. The number of esters is 4. The molecule has 6 atom stereocenters. The van der Waals surface area contributed by atoms with Gasteiger partial charge in [0.2, 0.25) is 5.75 Å². The first-order valence-corrected chi connectivity index (χ1v) is 16.7. The van der Waals surface area contributed by atoms with Crippen molar-refractivity contribution in [3.05, 3.63) is 45.6 Å². The quantitative estimate of drug-likeness (QED) is 0.206. The second-order valence-electron chi connectivity index (χ2n) is 11.3. The van der Waals surface area contributed by atoms with Crippen molar-refractivity contribution in [2.24, 2.45) is 0 Å². The summed E-state index contributed by atoms with van der Waals surface area (Å²) in [5.41, 5.74) is 2.55. The van der Waals surface area contributed by atoms with E-state index < -0.39 is 60.6 Å². The third-order valence-corrected chi connectivity index (χ3v) is 8.85. The molecule has 1 aliphatic carbocycles. The summed E-state index contributed by atoms with van der Waals surface area (Å²) in [6.45, 7) is 4.30. The minimum atomic E-state index is -1.36. The van der Waals surface area contributed by atoms with Gasteiger partial charge in [0.1, 0.15) is 12.7 Å². The highest BCUT2D eigenvalue weighted by molar-refractivity contribution is 7.98. The number of aryl methyl sites for hydroxylation is 1. The summed E-state index contributed by atoms with van der Waals surface area (Å²) in [7, 11) is 4.55. The van der Waals surface area contributed by atoms with Gasteiger partial charge in [-0.2, -0.15) is 0 Å². The summed E-state index contributed by atoms with van der Waals surface area (Å²) in [5.74, 6) is -1.59. The lowest BCUT2D eigenvalue weighted by molar-refractivity contribution is -0.259. The number of carbonyl (C=O) groups is 4. The first kappa shape index (κ1) is 37.5. The molecule has 1 saturated heterocycles. The number of carbonyl (C=O) groups excluding carboxylic acids is 4. The number of ether oxygens (including phenoxy) is 8. The summed E-state index contributed by atoms with van der Waals surface area (Å²) < 4.78 is 45.6. The molecule has 0 unspecified atom stereocenters. The fraction of sp³-hybridized carbons (Fsp3) is 0.500. The molecule has 0 saturated carbocycles. The topological polar surface area (TPSA) is 171 Å². The van der Waals surface area contributed by atoms with Crippen molar-refractivity contribution in [3.63, 3.8) is 0 Å². The summed E-state index contributed by atoms with van der Waals surface area (Å²) in [6.07, 6.45) is -3.73. The highest BCUT2D eigenvalue weighted by Crippen LogP contribution is 2.50. The smallest absolute Gasteiger partial charge is 0.303 e. The van der Waals surface area contributed by atoms with Gasteiger partial charge in [-0.1, -0.05) is 6.07 Å². The van der Waals surface area contributed by atoms with Gasteiger partial charge in [0.15, 0.2) is 41.5 Å². The molecule has 4 rings (SSSR count). The van der Waals surface area contributed by atoms with Crippen LogP contribution in [0.4, 0.5) is 0 Å². The van der Waals surface area contributed by atoms with Crippen LogP contribution >= 0.6 is 11.8 Å². The normalized spacial score (nSPS) is 22.7. The van der Waals surface area contributed by atoms with Gasteiger partial charge in [-0.3, -0.25) is 29.3 Å². The first-order valence-electron chi connectivity index (χ1n) is 15.4. The van der Waals surface area contributed by atoms with Gasteiger partial charge in [0.25, 0.3) is 0 Å². The second-order valence-corrected chi connectivity index (χ2v) is 12.2. The van der Waals surface area contributed by atoms with E-state index in [2.05, 4.69) is 5.32 Å². The number of hydrogen-bond donors (Lipinski definition) is 1. The molecule has 0 amide bonds.